The van der Waals surface area contributed by atoms with Crippen LogP contribution in [0, 0.1) is 5.82 Å². The van der Waals surface area contributed by atoms with Crippen LogP contribution in [0.15, 0.2) is 30.6 Å². The summed E-state index contributed by atoms with van der Waals surface area (Å²) in [5.74, 6) is 0.647. The van der Waals surface area contributed by atoms with Gasteiger partial charge in [-0.25, -0.2) is 19.2 Å². The molecule has 23 heavy (non-hydrogen) atoms. The molecule has 2 heterocycles. The molecule has 3 rings (SSSR count). The minimum atomic E-state index is -0.538. The number of carbonyl (C=O) groups is 1. The van der Waals surface area contributed by atoms with Crippen molar-refractivity contribution in [3.05, 3.63) is 41.4 Å². The number of carbonyl (C=O) groups excluding carboxylic acids is 1. The molecule has 0 atom stereocenters. The standard InChI is InChI=1S/C15H15ClFN5O/c16-11-7-10(3-4-12(11)17)20-15(23)21-13-8-14(19-9-18-13)22-5-1-2-6-22/h3-4,7-9H,1-2,5-6H2,(H2,18,19,20,21,23). The van der Waals surface area contributed by atoms with Crippen molar-refractivity contribution < 1.29 is 9.18 Å². The largest absolute Gasteiger partial charge is 0.356 e. The Hall–Kier alpha value is -2.41. The van der Waals surface area contributed by atoms with E-state index < -0.39 is 11.8 Å². The van der Waals surface area contributed by atoms with Crippen molar-refractivity contribution in [2.75, 3.05) is 28.6 Å². The molecule has 2 amide bonds. The molecule has 1 aliphatic heterocycles. The first-order chi connectivity index (χ1) is 11.1. The summed E-state index contributed by atoms with van der Waals surface area (Å²) in [5, 5.41) is 5.14. The van der Waals surface area contributed by atoms with Crippen LogP contribution in [0.2, 0.25) is 5.02 Å². The summed E-state index contributed by atoms with van der Waals surface area (Å²) in [6.07, 6.45) is 3.69. The number of rotatable bonds is 3. The van der Waals surface area contributed by atoms with E-state index in [1.807, 2.05) is 0 Å². The lowest BCUT2D eigenvalue weighted by atomic mass is 10.3. The molecule has 1 saturated heterocycles. The van der Waals surface area contributed by atoms with Crippen molar-refractivity contribution in [2.45, 2.75) is 12.8 Å². The maximum Gasteiger partial charge on any atom is 0.324 e. The summed E-state index contributed by atoms with van der Waals surface area (Å²) in [6.45, 7) is 1.91. The summed E-state index contributed by atoms with van der Waals surface area (Å²) in [4.78, 5) is 22.4. The molecule has 1 aliphatic rings. The number of halogens is 2. The Morgan fingerprint density at radius 3 is 2.70 bits per heavy atom. The zero-order valence-electron chi connectivity index (χ0n) is 12.2. The van der Waals surface area contributed by atoms with E-state index in [-0.39, 0.29) is 5.02 Å². The van der Waals surface area contributed by atoms with Crippen LogP contribution in [0.5, 0.6) is 0 Å². The highest BCUT2D eigenvalue weighted by atomic mass is 35.5. The molecule has 1 aromatic carbocycles. The highest BCUT2D eigenvalue weighted by Gasteiger charge is 2.14. The Balaban J connectivity index is 1.65. The minimum absolute atomic E-state index is 0.0545. The van der Waals surface area contributed by atoms with E-state index in [1.165, 1.54) is 24.5 Å². The lowest BCUT2D eigenvalue weighted by molar-refractivity contribution is 0.262. The molecule has 0 aliphatic carbocycles. The van der Waals surface area contributed by atoms with Gasteiger partial charge in [0.15, 0.2) is 0 Å². The third kappa shape index (κ3) is 3.87. The monoisotopic (exact) mass is 335 g/mol. The van der Waals surface area contributed by atoms with Crippen LogP contribution in [-0.2, 0) is 0 Å². The first-order valence-corrected chi connectivity index (χ1v) is 7.60. The second-order valence-corrected chi connectivity index (χ2v) is 5.57. The van der Waals surface area contributed by atoms with E-state index in [9.17, 15) is 9.18 Å². The van der Waals surface area contributed by atoms with Gasteiger partial charge in [-0.15, -0.1) is 0 Å². The first kappa shape index (κ1) is 15.5. The quantitative estimate of drug-likeness (QED) is 0.900. The van der Waals surface area contributed by atoms with Crippen molar-refractivity contribution in [2.24, 2.45) is 0 Å². The fraction of sp³-hybridized carbons (Fsp3) is 0.267. The number of nitrogens with zero attached hydrogens (tertiary/aromatic N) is 3. The minimum Gasteiger partial charge on any atom is -0.356 e. The van der Waals surface area contributed by atoms with Gasteiger partial charge in [-0.3, -0.25) is 5.32 Å². The Morgan fingerprint density at radius 1 is 1.17 bits per heavy atom. The molecule has 0 bridgehead atoms. The molecular weight excluding hydrogens is 321 g/mol. The van der Waals surface area contributed by atoms with Crippen LogP contribution in [0.4, 0.5) is 26.5 Å². The maximum absolute atomic E-state index is 13.1. The summed E-state index contributed by atoms with van der Waals surface area (Å²) in [6, 6.07) is 5.19. The van der Waals surface area contributed by atoms with Gasteiger partial charge >= 0.3 is 6.03 Å². The van der Waals surface area contributed by atoms with Crippen molar-refractivity contribution >= 4 is 35.0 Å². The van der Waals surface area contributed by atoms with E-state index in [2.05, 4.69) is 25.5 Å². The zero-order valence-corrected chi connectivity index (χ0v) is 13.0. The van der Waals surface area contributed by atoms with Gasteiger partial charge in [0.1, 0.15) is 23.8 Å². The molecule has 0 spiro atoms. The van der Waals surface area contributed by atoms with Crippen molar-refractivity contribution in [3.8, 4) is 0 Å². The van der Waals surface area contributed by atoms with E-state index in [1.54, 1.807) is 6.07 Å². The van der Waals surface area contributed by atoms with E-state index >= 15 is 0 Å². The summed E-state index contributed by atoms with van der Waals surface area (Å²) < 4.78 is 13.1. The molecule has 0 unspecified atom stereocenters. The molecule has 1 fully saturated rings. The van der Waals surface area contributed by atoms with Gasteiger partial charge < -0.3 is 10.2 Å². The van der Waals surface area contributed by atoms with Crippen molar-refractivity contribution in [3.63, 3.8) is 0 Å². The van der Waals surface area contributed by atoms with Crippen molar-refractivity contribution in [1.29, 1.82) is 0 Å². The number of benzene rings is 1. The lowest BCUT2D eigenvalue weighted by Crippen LogP contribution is -2.22. The van der Waals surface area contributed by atoms with Crippen LogP contribution in [0.1, 0.15) is 12.8 Å². The molecule has 6 nitrogen and oxygen atoms in total. The fourth-order valence-electron chi connectivity index (χ4n) is 2.39. The fourth-order valence-corrected chi connectivity index (χ4v) is 2.57. The molecule has 2 N–H and O–H groups in total. The number of nitrogens with one attached hydrogen (secondary N) is 2. The Bertz CT molecular complexity index is 721. The second-order valence-electron chi connectivity index (χ2n) is 5.16. The Labute approximate surface area is 137 Å². The van der Waals surface area contributed by atoms with Crippen LogP contribution >= 0.6 is 11.6 Å². The second kappa shape index (κ2) is 6.78. The van der Waals surface area contributed by atoms with E-state index in [4.69, 9.17) is 11.6 Å². The van der Waals surface area contributed by atoms with Gasteiger partial charge in [0.2, 0.25) is 0 Å². The predicted octanol–water partition coefficient (Wildman–Crippen LogP) is 3.51. The van der Waals surface area contributed by atoms with Crippen LogP contribution < -0.4 is 15.5 Å². The van der Waals surface area contributed by atoms with Crippen LogP contribution in [0.25, 0.3) is 0 Å². The Morgan fingerprint density at radius 2 is 1.96 bits per heavy atom. The molecule has 0 saturated carbocycles. The van der Waals surface area contributed by atoms with Gasteiger partial charge in [0.25, 0.3) is 0 Å². The van der Waals surface area contributed by atoms with Gasteiger partial charge in [-0.1, -0.05) is 11.6 Å². The van der Waals surface area contributed by atoms with Gasteiger partial charge in [-0.05, 0) is 31.0 Å². The van der Waals surface area contributed by atoms with E-state index in [0.717, 1.165) is 31.7 Å². The Kier molecular flexibility index (Phi) is 4.57. The van der Waals surface area contributed by atoms with Crippen molar-refractivity contribution in [1.82, 2.24) is 9.97 Å². The number of aromatic nitrogens is 2. The molecule has 1 aromatic heterocycles. The lowest BCUT2D eigenvalue weighted by Gasteiger charge is -2.16. The molecule has 8 heteroatoms. The molecule has 2 aromatic rings. The van der Waals surface area contributed by atoms with Crippen LogP contribution in [-0.4, -0.2) is 29.1 Å². The smallest absolute Gasteiger partial charge is 0.324 e. The maximum atomic E-state index is 13.1. The molecular formula is C15H15ClFN5O. The van der Waals surface area contributed by atoms with Gasteiger partial charge in [0, 0.05) is 24.8 Å². The predicted molar refractivity (Wildman–Crippen MR) is 87.5 cm³/mol. The third-order valence-corrected chi connectivity index (χ3v) is 3.79. The normalized spacial score (nSPS) is 13.9. The van der Waals surface area contributed by atoms with Crippen LogP contribution in [0.3, 0.4) is 0 Å². The number of urea groups is 1. The summed E-state index contributed by atoms with van der Waals surface area (Å²) in [5.41, 5.74) is 0.391. The first-order valence-electron chi connectivity index (χ1n) is 7.22. The average Bonchev–Trinajstić information content (AvgIpc) is 3.05. The SMILES string of the molecule is O=C(Nc1ccc(F)c(Cl)c1)Nc1cc(N2CCCC2)ncn1. The van der Waals surface area contributed by atoms with Gasteiger partial charge in [0.05, 0.1) is 5.02 Å². The molecule has 0 radical (unpaired) electrons. The van der Waals surface area contributed by atoms with Gasteiger partial charge in [-0.2, -0.15) is 0 Å². The third-order valence-electron chi connectivity index (χ3n) is 3.50. The average molecular weight is 336 g/mol. The summed E-state index contributed by atoms with van der Waals surface area (Å²) >= 11 is 5.68. The number of anilines is 3. The van der Waals surface area contributed by atoms with E-state index in [0.29, 0.717) is 11.5 Å². The summed E-state index contributed by atoms with van der Waals surface area (Å²) in [7, 11) is 0. The zero-order chi connectivity index (χ0) is 16.2. The highest BCUT2D eigenvalue weighted by Crippen LogP contribution is 2.21. The number of hydrogen-bond acceptors (Lipinski definition) is 4. The number of hydrogen-bond donors (Lipinski definition) is 2. The molecule has 120 valence electrons. The number of amides is 2. The highest BCUT2D eigenvalue weighted by molar-refractivity contribution is 6.31. The topological polar surface area (TPSA) is 70.2 Å².